The average Bonchev–Trinajstić information content (AvgIpc) is 3.35. The van der Waals surface area contributed by atoms with E-state index in [1.54, 1.807) is 12.1 Å². The Kier molecular flexibility index (Phi) is 4.56. The predicted molar refractivity (Wildman–Crippen MR) is 105 cm³/mol. The fourth-order valence-corrected chi connectivity index (χ4v) is 4.74. The lowest BCUT2D eigenvalue weighted by atomic mass is 9.93. The smallest absolute Gasteiger partial charge is 0.414 e. The largest absolute Gasteiger partial charge is 0.453 e. The maximum Gasteiger partial charge on any atom is 0.414 e. The Morgan fingerprint density at radius 2 is 2.16 bits per heavy atom. The molecule has 3 atom stereocenters. The number of alkyl carbamates (subject to hydrolysis) is 2. The van der Waals surface area contributed by atoms with Crippen molar-refractivity contribution < 1.29 is 33.0 Å². The van der Waals surface area contributed by atoms with Gasteiger partial charge in [-0.15, -0.1) is 0 Å². The Labute approximate surface area is 177 Å². The average molecular weight is 434 g/mol. The summed E-state index contributed by atoms with van der Waals surface area (Å²) in [5.74, 6) is -0.169. The predicted octanol–water partition coefficient (Wildman–Crippen LogP) is 1.58. The number of nitrogens with zero attached hydrogens (tertiary/aromatic N) is 2. The van der Waals surface area contributed by atoms with Crippen LogP contribution >= 0.6 is 0 Å². The Balaban J connectivity index is 1.28. The van der Waals surface area contributed by atoms with E-state index in [0.29, 0.717) is 30.4 Å². The number of cyclic esters (lactones) is 1. The first kappa shape index (κ1) is 19.7. The van der Waals surface area contributed by atoms with Gasteiger partial charge in [0, 0.05) is 12.5 Å². The summed E-state index contributed by atoms with van der Waals surface area (Å²) < 4.78 is 30.4. The van der Waals surface area contributed by atoms with Gasteiger partial charge in [-0.2, -0.15) is 0 Å². The Morgan fingerprint density at radius 1 is 1.35 bits per heavy atom. The zero-order valence-electron chi connectivity index (χ0n) is 16.9. The molecule has 4 aliphatic rings. The van der Waals surface area contributed by atoms with Crippen molar-refractivity contribution in [2.45, 2.75) is 30.6 Å². The van der Waals surface area contributed by atoms with E-state index in [9.17, 15) is 14.4 Å². The van der Waals surface area contributed by atoms with Crippen LogP contribution in [-0.2, 0) is 14.2 Å². The van der Waals surface area contributed by atoms with Gasteiger partial charge < -0.3 is 29.7 Å². The number of nitrogens with one attached hydrogen (secondary N) is 2. The first-order valence-corrected chi connectivity index (χ1v) is 10.2. The molecule has 10 nitrogen and oxygen atoms in total. The molecule has 3 heterocycles. The van der Waals surface area contributed by atoms with Gasteiger partial charge >= 0.3 is 18.3 Å². The molecular weight excluding hydrogens is 411 g/mol. The quantitative estimate of drug-likeness (QED) is 0.678. The number of fused-ring (bicyclic) bond motifs is 1. The molecule has 1 aliphatic carbocycles. The minimum Gasteiger partial charge on any atom is -0.453 e. The van der Waals surface area contributed by atoms with E-state index < -0.39 is 35.8 Å². The number of hydrogen-bond acceptors (Lipinski definition) is 7. The molecule has 3 aliphatic heterocycles. The van der Waals surface area contributed by atoms with Gasteiger partial charge in [0.05, 0.1) is 44.2 Å². The summed E-state index contributed by atoms with van der Waals surface area (Å²) in [7, 11) is 1.24. The van der Waals surface area contributed by atoms with Gasteiger partial charge in [0.1, 0.15) is 11.9 Å². The molecule has 5 rings (SSSR count). The van der Waals surface area contributed by atoms with Gasteiger partial charge in [-0.25, -0.2) is 18.8 Å². The molecule has 0 radical (unpaired) electrons. The summed E-state index contributed by atoms with van der Waals surface area (Å²) in [5.41, 5.74) is 0.168. The van der Waals surface area contributed by atoms with Crippen molar-refractivity contribution in [2.24, 2.45) is 5.92 Å². The van der Waals surface area contributed by atoms with Gasteiger partial charge in [0.2, 0.25) is 0 Å². The number of ether oxygens (including phenoxy) is 3. The molecule has 11 heteroatoms. The highest BCUT2D eigenvalue weighted by Crippen LogP contribution is 2.50. The highest BCUT2D eigenvalue weighted by molar-refractivity contribution is 5.90. The third-order valence-corrected chi connectivity index (χ3v) is 6.39. The maximum atomic E-state index is 15.1. The summed E-state index contributed by atoms with van der Waals surface area (Å²) in [6.45, 7) is 1.17. The molecular formula is C20H23FN4O6. The summed E-state index contributed by atoms with van der Waals surface area (Å²) in [5, 5.41) is 5.33. The highest BCUT2D eigenvalue weighted by Gasteiger charge is 2.62. The second kappa shape index (κ2) is 7.17. The van der Waals surface area contributed by atoms with Gasteiger partial charge in [0.15, 0.2) is 5.60 Å². The normalized spacial score (nSPS) is 29.4. The number of carbonyl (C=O) groups excluding carboxylic acids is 3. The number of halogens is 1. The van der Waals surface area contributed by atoms with E-state index in [0.717, 1.165) is 12.8 Å². The molecule has 31 heavy (non-hydrogen) atoms. The molecule has 0 spiro atoms. The molecule has 0 aromatic heterocycles. The van der Waals surface area contributed by atoms with Crippen molar-refractivity contribution in [3.05, 3.63) is 24.0 Å². The van der Waals surface area contributed by atoms with Crippen LogP contribution in [0.3, 0.4) is 0 Å². The fraction of sp³-hybridized carbons (Fsp3) is 0.550. The number of hydrogen-bond donors (Lipinski definition) is 2. The number of benzene rings is 1. The molecule has 3 amide bonds. The lowest BCUT2D eigenvalue weighted by molar-refractivity contribution is 0.0417. The number of amides is 3. The van der Waals surface area contributed by atoms with Gasteiger partial charge in [-0.05, 0) is 31.0 Å². The molecule has 1 aromatic carbocycles. The molecule has 166 valence electrons. The first-order chi connectivity index (χ1) is 14.9. The summed E-state index contributed by atoms with van der Waals surface area (Å²) in [6, 6.07) is 4.42. The van der Waals surface area contributed by atoms with E-state index in [-0.39, 0.29) is 19.1 Å². The number of carbonyl (C=O) groups is 3. The van der Waals surface area contributed by atoms with Crippen LogP contribution in [0.2, 0.25) is 0 Å². The summed E-state index contributed by atoms with van der Waals surface area (Å²) in [4.78, 5) is 38.4. The molecule has 0 bridgehead atoms. The number of rotatable bonds is 5. The van der Waals surface area contributed by atoms with Crippen LogP contribution in [0.4, 0.5) is 30.1 Å². The molecule has 0 unspecified atom stereocenters. The van der Waals surface area contributed by atoms with Crippen LogP contribution in [0.25, 0.3) is 0 Å². The molecule has 2 N–H and O–H groups in total. The lowest BCUT2D eigenvalue weighted by Crippen LogP contribution is -2.44. The van der Waals surface area contributed by atoms with Gasteiger partial charge in [-0.3, -0.25) is 4.90 Å². The van der Waals surface area contributed by atoms with Crippen LogP contribution < -0.4 is 20.4 Å². The van der Waals surface area contributed by atoms with Crippen molar-refractivity contribution in [3.63, 3.8) is 0 Å². The van der Waals surface area contributed by atoms with Crippen LogP contribution in [0.15, 0.2) is 18.2 Å². The minimum absolute atomic E-state index is 0.0968. The van der Waals surface area contributed by atoms with Crippen molar-refractivity contribution >= 4 is 29.7 Å². The standard InChI is InChI=1S/C20H23FN4O6/c1-29-17(26)22-7-13-8-25(19(28)30-13)12-4-5-15(14(21)6-12)24-9-16-20(10-24,11-2-3-11)31-18(27)23-16/h4-6,11,13,16H,2-3,7-10H2,1H3,(H,22,26)(H,23,27)/t13-,16+,20+/m0/s1. The van der Waals surface area contributed by atoms with E-state index in [2.05, 4.69) is 15.4 Å². The maximum absolute atomic E-state index is 15.1. The first-order valence-electron chi connectivity index (χ1n) is 10.2. The van der Waals surface area contributed by atoms with Crippen LogP contribution in [0.1, 0.15) is 12.8 Å². The monoisotopic (exact) mass is 434 g/mol. The van der Waals surface area contributed by atoms with E-state index >= 15 is 4.39 Å². The van der Waals surface area contributed by atoms with Crippen LogP contribution in [0, 0.1) is 11.7 Å². The summed E-state index contributed by atoms with van der Waals surface area (Å²) >= 11 is 0. The van der Waals surface area contributed by atoms with Crippen LogP contribution in [-0.4, -0.2) is 69.3 Å². The minimum atomic E-state index is -0.621. The lowest BCUT2D eigenvalue weighted by Gasteiger charge is -2.27. The Morgan fingerprint density at radius 3 is 2.87 bits per heavy atom. The summed E-state index contributed by atoms with van der Waals surface area (Å²) in [6.07, 6.45) is -0.191. The van der Waals surface area contributed by atoms with Crippen molar-refractivity contribution in [3.8, 4) is 0 Å². The zero-order valence-corrected chi connectivity index (χ0v) is 16.9. The van der Waals surface area contributed by atoms with Gasteiger partial charge in [-0.1, -0.05) is 0 Å². The van der Waals surface area contributed by atoms with Crippen molar-refractivity contribution in [1.82, 2.24) is 10.6 Å². The molecule has 4 fully saturated rings. The van der Waals surface area contributed by atoms with Crippen molar-refractivity contribution in [2.75, 3.05) is 43.1 Å². The SMILES string of the molecule is COC(=O)NC[C@H]1CN(c2ccc(N3C[C@H]4NC(=O)O[C@@]4(C4CC4)C3)c(F)c2)C(=O)O1. The molecule has 3 saturated heterocycles. The third kappa shape index (κ3) is 3.37. The molecule has 1 saturated carbocycles. The second-order valence-electron chi connectivity index (χ2n) is 8.32. The number of anilines is 2. The fourth-order valence-electron chi connectivity index (χ4n) is 4.74. The highest BCUT2D eigenvalue weighted by atomic mass is 19.1. The number of methoxy groups -OCH3 is 1. The van der Waals surface area contributed by atoms with Crippen molar-refractivity contribution in [1.29, 1.82) is 0 Å². The van der Waals surface area contributed by atoms with E-state index in [1.807, 2.05) is 4.90 Å². The second-order valence-corrected chi connectivity index (χ2v) is 8.32. The van der Waals surface area contributed by atoms with E-state index in [1.165, 1.54) is 18.1 Å². The zero-order chi connectivity index (χ0) is 21.8. The molecule has 1 aromatic rings. The van der Waals surface area contributed by atoms with Gasteiger partial charge in [0.25, 0.3) is 0 Å². The third-order valence-electron chi connectivity index (χ3n) is 6.39. The van der Waals surface area contributed by atoms with Crippen LogP contribution in [0.5, 0.6) is 0 Å². The van der Waals surface area contributed by atoms with E-state index in [4.69, 9.17) is 9.47 Å². The Bertz CT molecular complexity index is 940. The Hall–Kier alpha value is -3.24. The topological polar surface area (TPSA) is 109 Å².